The molecule has 4 rings (SSSR count). The topological polar surface area (TPSA) is 70.5 Å². The Hall–Kier alpha value is -2.16. The van der Waals surface area contributed by atoms with Gasteiger partial charge in [0.15, 0.2) is 0 Å². The molecule has 1 amide bonds. The first-order valence-corrected chi connectivity index (χ1v) is 10.0. The zero-order valence-corrected chi connectivity index (χ0v) is 16.1. The molecule has 1 N–H and O–H groups in total. The average Bonchev–Trinajstić information content (AvgIpc) is 3.07. The van der Waals surface area contributed by atoms with Crippen molar-refractivity contribution in [2.75, 3.05) is 4.90 Å². The van der Waals surface area contributed by atoms with Crippen LogP contribution in [0.4, 0.5) is 10.1 Å². The van der Waals surface area contributed by atoms with Crippen LogP contribution in [0.25, 0.3) is 10.2 Å². The zero-order valence-electron chi connectivity index (χ0n) is 13.7. The van der Waals surface area contributed by atoms with Gasteiger partial charge in [-0.3, -0.25) is 9.59 Å². The van der Waals surface area contributed by atoms with Gasteiger partial charge in [-0.05, 0) is 24.3 Å². The minimum absolute atomic E-state index is 0.127. The summed E-state index contributed by atoms with van der Waals surface area (Å²) < 4.78 is 14.4. The molecular formula is C18H12ClFN2O3S2. The van der Waals surface area contributed by atoms with Gasteiger partial charge in [0, 0.05) is 4.90 Å². The Morgan fingerprint density at radius 1 is 1.30 bits per heavy atom. The molecule has 1 atom stereocenters. The van der Waals surface area contributed by atoms with Crippen molar-refractivity contribution in [2.45, 2.75) is 23.1 Å². The Kier molecular flexibility index (Phi) is 4.79. The van der Waals surface area contributed by atoms with Crippen LogP contribution in [0, 0.1) is 5.82 Å². The number of rotatable bonds is 4. The Balaban J connectivity index is 1.73. The van der Waals surface area contributed by atoms with Gasteiger partial charge < -0.3 is 10.0 Å². The monoisotopic (exact) mass is 422 g/mol. The molecule has 0 fully saturated rings. The standard InChI is InChI=1S/C18H12ClFN2O3S2/c19-9-5-6-10(20)17-16(9)21-14(27-17)8-22-11-3-1-2-4-12(11)26-13(18(22)25)7-15(23)24/h1-6,13H,7-8H2,(H,23,24). The van der Waals surface area contributed by atoms with Gasteiger partial charge in [-0.2, -0.15) is 0 Å². The van der Waals surface area contributed by atoms with E-state index in [-0.39, 0.29) is 18.9 Å². The van der Waals surface area contributed by atoms with Gasteiger partial charge in [0.25, 0.3) is 0 Å². The molecule has 0 saturated heterocycles. The number of anilines is 1. The van der Waals surface area contributed by atoms with Gasteiger partial charge >= 0.3 is 5.97 Å². The molecule has 0 aliphatic carbocycles. The molecule has 138 valence electrons. The molecule has 0 radical (unpaired) electrons. The van der Waals surface area contributed by atoms with E-state index in [4.69, 9.17) is 16.7 Å². The van der Waals surface area contributed by atoms with Crippen molar-refractivity contribution in [1.29, 1.82) is 0 Å². The fourth-order valence-corrected chi connectivity index (χ4v) is 5.38. The van der Waals surface area contributed by atoms with Crippen molar-refractivity contribution >= 4 is 62.5 Å². The molecule has 1 aromatic heterocycles. The number of thioether (sulfide) groups is 1. The number of carboxylic acid groups (broad SMARTS) is 1. The Morgan fingerprint density at radius 3 is 2.81 bits per heavy atom. The first-order valence-electron chi connectivity index (χ1n) is 7.96. The fourth-order valence-electron chi connectivity index (χ4n) is 2.92. The second kappa shape index (κ2) is 7.10. The van der Waals surface area contributed by atoms with E-state index in [0.717, 1.165) is 16.2 Å². The van der Waals surface area contributed by atoms with Gasteiger partial charge in [0.2, 0.25) is 5.91 Å². The maximum absolute atomic E-state index is 14.0. The number of halogens is 2. The van der Waals surface area contributed by atoms with Gasteiger partial charge in [-0.15, -0.1) is 23.1 Å². The maximum Gasteiger partial charge on any atom is 0.305 e. The number of aliphatic carboxylic acids is 1. The molecule has 2 aromatic carbocycles. The molecule has 1 unspecified atom stereocenters. The van der Waals surface area contributed by atoms with E-state index >= 15 is 0 Å². The highest BCUT2D eigenvalue weighted by atomic mass is 35.5. The maximum atomic E-state index is 14.0. The van der Waals surface area contributed by atoms with Crippen molar-refractivity contribution < 1.29 is 19.1 Å². The average molecular weight is 423 g/mol. The Morgan fingerprint density at radius 2 is 2.07 bits per heavy atom. The number of fused-ring (bicyclic) bond motifs is 2. The van der Waals surface area contributed by atoms with E-state index in [1.54, 1.807) is 6.07 Å². The summed E-state index contributed by atoms with van der Waals surface area (Å²) in [6.45, 7) is 0.127. The van der Waals surface area contributed by atoms with E-state index in [2.05, 4.69) is 4.98 Å². The van der Waals surface area contributed by atoms with Crippen LogP contribution in [0.5, 0.6) is 0 Å². The van der Waals surface area contributed by atoms with Crippen LogP contribution in [0.3, 0.4) is 0 Å². The lowest BCUT2D eigenvalue weighted by molar-refractivity contribution is -0.138. The minimum Gasteiger partial charge on any atom is -0.481 e. The quantitative estimate of drug-likeness (QED) is 0.666. The number of nitrogens with zero attached hydrogens (tertiary/aromatic N) is 2. The molecule has 9 heteroatoms. The lowest BCUT2D eigenvalue weighted by Crippen LogP contribution is -2.41. The van der Waals surface area contributed by atoms with Gasteiger partial charge in [0.05, 0.1) is 33.6 Å². The Labute approximate surface area is 166 Å². The summed E-state index contributed by atoms with van der Waals surface area (Å²) >= 11 is 8.49. The largest absolute Gasteiger partial charge is 0.481 e. The number of hydrogen-bond acceptors (Lipinski definition) is 5. The number of para-hydroxylation sites is 1. The van der Waals surface area contributed by atoms with Gasteiger partial charge in [0.1, 0.15) is 16.3 Å². The highest BCUT2D eigenvalue weighted by Crippen LogP contribution is 2.41. The third-order valence-electron chi connectivity index (χ3n) is 4.11. The van der Waals surface area contributed by atoms with Gasteiger partial charge in [-0.25, -0.2) is 9.37 Å². The van der Waals surface area contributed by atoms with Crippen molar-refractivity contribution in [1.82, 2.24) is 4.98 Å². The number of amides is 1. The normalized spacial score (nSPS) is 16.6. The van der Waals surface area contributed by atoms with Crippen molar-refractivity contribution in [3.05, 3.63) is 52.2 Å². The first kappa shape index (κ1) is 18.2. The number of carbonyl (C=O) groups is 2. The van der Waals surface area contributed by atoms with E-state index in [1.165, 1.54) is 28.8 Å². The van der Waals surface area contributed by atoms with Crippen LogP contribution >= 0.6 is 34.7 Å². The lowest BCUT2D eigenvalue weighted by atomic mass is 10.2. The molecule has 1 aliphatic heterocycles. The second-order valence-corrected chi connectivity index (χ2v) is 8.65. The van der Waals surface area contributed by atoms with Crippen LogP contribution in [-0.4, -0.2) is 27.2 Å². The number of hydrogen-bond donors (Lipinski definition) is 1. The summed E-state index contributed by atoms with van der Waals surface area (Å²) in [5, 5.41) is 9.27. The summed E-state index contributed by atoms with van der Waals surface area (Å²) in [4.78, 5) is 30.8. The highest BCUT2D eigenvalue weighted by molar-refractivity contribution is 8.01. The number of aromatic nitrogens is 1. The minimum atomic E-state index is -1.03. The SMILES string of the molecule is O=C(O)CC1Sc2ccccc2N(Cc2nc3c(Cl)ccc(F)c3s2)C1=O. The molecule has 1 aliphatic rings. The molecule has 0 bridgehead atoms. The van der Waals surface area contributed by atoms with E-state index in [1.807, 2.05) is 18.2 Å². The van der Waals surface area contributed by atoms with E-state index in [0.29, 0.717) is 25.9 Å². The third kappa shape index (κ3) is 3.40. The molecule has 27 heavy (non-hydrogen) atoms. The molecule has 2 heterocycles. The summed E-state index contributed by atoms with van der Waals surface area (Å²) in [6, 6.07) is 10.0. The van der Waals surface area contributed by atoms with E-state index in [9.17, 15) is 14.0 Å². The number of thiazole rings is 1. The van der Waals surface area contributed by atoms with Crippen LogP contribution < -0.4 is 4.90 Å². The summed E-state index contributed by atoms with van der Waals surface area (Å²) in [6.07, 6.45) is -0.269. The summed E-state index contributed by atoms with van der Waals surface area (Å²) in [5.74, 6) is -1.75. The first-order chi connectivity index (χ1) is 12.9. The number of carbonyl (C=O) groups excluding carboxylic acids is 1. The van der Waals surface area contributed by atoms with Crippen LogP contribution in [-0.2, 0) is 16.1 Å². The molecular weight excluding hydrogens is 411 g/mol. The zero-order chi connectivity index (χ0) is 19.1. The molecule has 0 saturated carbocycles. The predicted molar refractivity (Wildman–Crippen MR) is 104 cm³/mol. The predicted octanol–water partition coefficient (Wildman–Crippen LogP) is 4.57. The molecule has 5 nitrogen and oxygen atoms in total. The summed E-state index contributed by atoms with van der Waals surface area (Å²) in [5.41, 5.74) is 1.06. The Bertz CT molecular complexity index is 1030. The van der Waals surface area contributed by atoms with Crippen molar-refractivity contribution in [3.8, 4) is 0 Å². The van der Waals surface area contributed by atoms with Crippen LogP contribution in [0.15, 0.2) is 41.3 Å². The van der Waals surface area contributed by atoms with E-state index < -0.39 is 17.0 Å². The third-order valence-corrected chi connectivity index (χ3v) is 6.72. The number of carboxylic acids is 1. The number of benzene rings is 2. The summed E-state index contributed by atoms with van der Waals surface area (Å²) in [7, 11) is 0. The lowest BCUT2D eigenvalue weighted by Gasteiger charge is -2.32. The highest BCUT2D eigenvalue weighted by Gasteiger charge is 2.35. The second-order valence-electron chi connectivity index (χ2n) is 5.91. The van der Waals surface area contributed by atoms with Crippen molar-refractivity contribution in [3.63, 3.8) is 0 Å². The van der Waals surface area contributed by atoms with Gasteiger partial charge in [-0.1, -0.05) is 23.7 Å². The smallest absolute Gasteiger partial charge is 0.305 e. The van der Waals surface area contributed by atoms with Crippen LogP contribution in [0.2, 0.25) is 5.02 Å². The van der Waals surface area contributed by atoms with Crippen LogP contribution in [0.1, 0.15) is 11.4 Å². The molecule has 0 spiro atoms. The fraction of sp³-hybridized carbons (Fsp3) is 0.167. The molecule has 3 aromatic rings. The van der Waals surface area contributed by atoms with Crippen molar-refractivity contribution in [2.24, 2.45) is 0 Å².